The highest BCUT2D eigenvalue weighted by Gasteiger charge is 2.14. The Morgan fingerprint density at radius 2 is 2.05 bits per heavy atom. The first kappa shape index (κ1) is 14.0. The molecule has 19 heavy (non-hydrogen) atoms. The van der Waals surface area contributed by atoms with Gasteiger partial charge in [-0.05, 0) is 23.8 Å². The second-order valence-corrected chi connectivity index (χ2v) is 5.63. The summed E-state index contributed by atoms with van der Waals surface area (Å²) in [6.45, 7) is 2.21. The third kappa shape index (κ3) is 3.53. The molecule has 4 heteroatoms. The zero-order valence-corrected chi connectivity index (χ0v) is 12.4. The van der Waals surface area contributed by atoms with E-state index in [4.69, 9.17) is 5.73 Å². The highest BCUT2D eigenvalue weighted by molar-refractivity contribution is 7.98. The molecule has 0 aliphatic heterocycles. The van der Waals surface area contributed by atoms with Gasteiger partial charge in [0.1, 0.15) is 0 Å². The lowest BCUT2D eigenvalue weighted by atomic mass is 10.0. The molecule has 0 spiro atoms. The SMILES string of the molecule is CCCc1ccc(C(CSC)n2cc(N)cn2)cc1. The maximum Gasteiger partial charge on any atom is 0.0859 e. The van der Waals surface area contributed by atoms with E-state index in [1.165, 1.54) is 17.5 Å². The molecule has 3 nitrogen and oxygen atoms in total. The Hall–Kier alpha value is -1.42. The number of hydrogen-bond acceptors (Lipinski definition) is 3. The number of aryl methyl sites for hydroxylation is 1. The van der Waals surface area contributed by atoms with Crippen LogP contribution in [0.15, 0.2) is 36.7 Å². The van der Waals surface area contributed by atoms with E-state index >= 15 is 0 Å². The summed E-state index contributed by atoms with van der Waals surface area (Å²) in [5.74, 6) is 0.994. The summed E-state index contributed by atoms with van der Waals surface area (Å²) in [7, 11) is 0. The van der Waals surface area contributed by atoms with E-state index < -0.39 is 0 Å². The summed E-state index contributed by atoms with van der Waals surface area (Å²) in [6.07, 6.45) is 8.05. The van der Waals surface area contributed by atoms with Crippen LogP contribution in [-0.4, -0.2) is 21.8 Å². The highest BCUT2D eigenvalue weighted by Crippen LogP contribution is 2.23. The zero-order chi connectivity index (χ0) is 13.7. The van der Waals surface area contributed by atoms with Crippen LogP contribution in [0.2, 0.25) is 0 Å². The summed E-state index contributed by atoms with van der Waals surface area (Å²) in [5.41, 5.74) is 9.17. The van der Waals surface area contributed by atoms with E-state index in [-0.39, 0.29) is 6.04 Å². The maximum atomic E-state index is 5.76. The number of benzene rings is 1. The molecule has 0 fully saturated rings. The van der Waals surface area contributed by atoms with Crippen molar-refractivity contribution >= 4 is 17.4 Å². The summed E-state index contributed by atoms with van der Waals surface area (Å²) >= 11 is 1.82. The van der Waals surface area contributed by atoms with Gasteiger partial charge in [-0.3, -0.25) is 4.68 Å². The summed E-state index contributed by atoms with van der Waals surface area (Å²) in [6, 6.07) is 9.12. The van der Waals surface area contributed by atoms with Gasteiger partial charge in [0.25, 0.3) is 0 Å². The van der Waals surface area contributed by atoms with Gasteiger partial charge in [0, 0.05) is 11.9 Å². The minimum Gasteiger partial charge on any atom is -0.396 e. The van der Waals surface area contributed by atoms with Crippen molar-refractivity contribution in [1.29, 1.82) is 0 Å². The second-order valence-electron chi connectivity index (χ2n) is 4.72. The molecule has 0 saturated carbocycles. The van der Waals surface area contributed by atoms with Gasteiger partial charge < -0.3 is 5.73 Å². The Balaban J connectivity index is 2.23. The second kappa shape index (κ2) is 6.66. The number of thioether (sulfide) groups is 1. The van der Waals surface area contributed by atoms with Gasteiger partial charge in [-0.25, -0.2) is 0 Å². The predicted octanol–water partition coefficient (Wildman–Crippen LogP) is 3.37. The number of aromatic nitrogens is 2. The average Bonchev–Trinajstić information content (AvgIpc) is 2.84. The fourth-order valence-electron chi connectivity index (χ4n) is 2.20. The van der Waals surface area contributed by atoms with Crippen LogP contribution in [-0.2, 0) is 6.42 Å². The monoisotopic (exact) mass is 275 g/mol. The van der Waals surface area contributed by atoms with Gasteiger partial charge in [0.2, 0.25) is 0 Å². The quantitative estimate of drug-likeness (QED) is 0.879. The van der Waals surface area contributed by atoms with Crippen molar-refractivity contribution in [3.05, 3.63) is 47.8 Å². The molecule has 1 aromatic carbocycles. The molecule has 0 saturated heterocycles. The number of hydrogen-bond donors (Lipinski definition) is 1. The fraction of sp³-hybridized carbons (Fsp3) is 0.400. The highest BCUT2D eigenvalue weighted by atomic mass is 32.2. The van der Waals surface area contributed by atoms with Crippen molar-refractivity contribution in [2.24, 2.45) is 0 Å². The molecule has 0 bridgehead atoms. The molecule has 1 atom stereocenters. The number of anilines is 1. The summed E-state index contributed by atoms with van der Waals surface area (Å²) < 4.78 is 1.96. The molecule has 2 rings (SSSR count). The smallest absolute Gasteiger partial charge is 0.0859 e. The van der Waals surface area contributed by atoms with Gasteiger partial charge in [-0.15, -0.1) is 0 Å². The third-order valence-corrected chi connectivity index (χ3v) is 3.82. The number of nitrogen functional groups attached to an aromatic ring is 1. The van der Waals surface area contributed by atoms with Gasteiger partial charge >= 0.3 is 0 Å². The lowest BCUT2D eigenvalue weighted by molar-refractivity contribution is 0.572. The molecule has 0 radical (unpaired) electrons. The lowest BCUT2D eigenvalue weighted by Crippen LogP contribution is -2.13. The first-order valence-electron chi connectivity index (χ1n) is 6.62. The number of nitrogens with two attached hydrogens (primary N) is 1. The van der Waals surface area contributed by atoms with Crippen LogP contribution in [0.3, 0.4) is 0 Å². The minimum atomic E-state index is 0.253. The van der Waals surface area contributed by atoms with Crippen molar-refractivity contribution in [3.8, 4) is 0 Å². The minimum absolute atomic E-state index is 0.253. The van der Waals surface area contributed by atoms with Crippen LogP contribution in [0.4, 0.5) is 5.69 Å². The molecule has 2 N–H and O–H groups in total. The molecule has 1 aromatic heterocycles. The lowest BCUT2D eigenvalue weighted by Gasteiger charge is -2.17. The maximum absolute atomic E-state index is 5.76. The standard InChI is InChI=1S/C15H21N3S/c1-3-4-12-5-7-13(8-6-12)15(11-19-2)18-10-14(16)9-17-18/h5-10,15H,3-4,11,16H2,1-2H3. The Morgan fingerprint density at radius 3 is 2.58 bits per heavy atom. The van der Waals surface area contributed by atoms with Gasteiger partial charge in [0.15, 0.2) is 0 Å². The zero-order valence-electron chi connectivity index (χ0n) is 11.5. The Bertz CT molecular complexity index is 504. The molecular formula is C15H21N3S. The third-order valence-electron chi connectivity index (χ3n) is 3.17. The van der Waals surface area contributed by atoms with Crippen molar-refractivity contribution < 1.29 is 0 Å². The van der Waals surface area contributed by atoms with Crippen molar-refractivity contribution in [3.63, 3.8) is 0 Å². The van der Waals surface area contributed by atoms with Crippen LogP contribution in [0.5, 0.6) is 0 Å². The molecule has 102 valence electrons. The van der Waals surface area contributed by atoms with E-state index in [0.29, 0.717) is 5.69 Å². The van der Waals surface area contributed by atoms with Crippen molar-refractivity contribution in [2.45, 2.75) is 25.8 Å². The predicted molar refractivity (Wildman–Crippen MR) is 83.6 cm³/mol. The van der Waals surface area contributed by atoms with Crippen LogP contribution >= 0.6 is 11.8 Å². The Kier molecular flexibility index (Phi) is 4.91. The first-order chi connectivity index (χ1) is 9.24. The molecular weight excluding hydrogens is 254 g/mol. The van der Waals surface area contributed by atoms with E-state index in [0.717, 1.165) is 12.2 Å². The molecule has 0 amide bonds. The molecule has 2 aromatic rings. The van der Waals surface area contributed by atoms with Crippen LogP contribution in [0, 0.1) is 0 Å². The largest absolute Gasteiger partial charge is 0.396 e. The van der Waals surface area contributed by atoms with E-state index in [1.807, 2.05) is 22.6 Å². The van der Waals surface area contributed by atoms with Gasteiger partial charge in [-0.1, -0.05) is 37.6 Å². The molecule has 0 aliphatic carbocycles. The van der Waals surface area contributed by atoms with Crippen molar-refractivity contribution in [1.82, 2.24) is 9.78 Å². The van der Waals surface area contributed by atoms with Crippen LogP contribution < -0.4 is 5.73 Å². The fourth-order valence-corrected chi connectivity index (χ4v) is 2.86. The Morgan fingerprint density at radius 1 is 1.32 bits per heavy atom. The van der Waals surface area contributed by atoms with E-state index in [1.54, 1.807) is 6.20 Å². The summed E-state index contributed by atoms with van der Waals surface area (Å²) in [5, 5.41) is 4.35. The molecule has 1 unspecified atom stereocenters. The van der Waals surface area contributed by atoms with E-state index in [2.05, 4.69) is 42.5 Å². The van der Waals surface area contributed by atoms with Crippen LogP contribution in [0.1, 0.15) is 30.5 Å². The number of nitrogens with zero attached hydrogens (tertiary/aromatic N) is 2. The van der Waals surface area contributed by atoms with E-state index in [9.17, 15) is 0 Å². The van der Waals surface area contributed by atoms with Crippen LogP contribution in [0.25, 0.3) is 0 Å². The molecule has 1 heterocycles. The van der Waals surface area contributed by atoms with Crippen molar-refractivity contribution in [2.75, 3.05) is 17.7 Å². The normalized spacial score (nSPS) is 12.5. The topological polar surface area (TPSA) is 43.8 Å². The number of rotatable bonds is 6. The molecule has 0 aliphatic rings. The summed E-state index contributed by atoms with van der Waals surface area (Å²) in [4.78, 5) is 0. The first-order valence-corrected chi connectivity index (χ1v) is 8.01. The Labute approximate surface area is 119 Å². The van der Waals surface area contributed by atoms with Gasteiger partial charge in [-0.2, -0.15) is 16.9 Å². The average molecular weight is 275 g/mol. The van der Waals surface area contributed by atoms with Gasteiger partial charge in [0.05, 0.1) is 17.9 Å².